The van der Waals surface area contributed by atoms with Crippen LogP contribution in [0.2, 0.25) is 0 Å². The highest BCUT2D eigenvalue weighted by Crippen LogP contribution is 2.22. The van der Waals surface area contributed by atoms with Crippen molar-refractivity contribution in [3.8, 4) is 0 Å². The summed E-state index contributed by atoms with van der Waals surface area (Å²) in [6, 6.07) is 6.55. The Morgan fingerprint density at radius 3 is 2.38 bits per heavy atom. The van der Waals surface area contributed by atoms with E-state index >= 15 is 0 Å². The summed E-state index contributed by atoms with van der Waals surface area (Å²) in [6.07, 6.45) is 4.78. The Labute approximate surface area is 199 Å². The monoisotopic (exact) mass is 491 g/mol. The number of aromatic nitrogens is 2. The maximum absolute atomic E-state index is 12.8. The average molecular weight is 492 g/mol. The molecule has 1 aliphatic rings. The lowest BCUT2D eigenvalue weighted by atomic mass is 10.1. The molecule has 186 valence electrons. The number of benzene rings is 1. The van der Waals surface area contributed by atoms with Gasteiger partial charge in [0.1, 0.15) is 5.82 Å². The number of hydrogen-bond acceptors (Lipinski definition) is 6. The maximum Gasteiger partial charge on any atom is 0.330 e. The first kappa shape index (κ1) is 25.7. The zero-order chi connectivity index (χ0) is 24.9. The Kier molecular flexibility index (Phi) is 8.32. The lowest BCUT2D eigenvalue weighted by Gasteiger charge is -2.25. The highest BCUT2D eigenvalue weighted by Gasteiger charge is 2.26. The molecule has 2 aromatic rings. The fourth-order valence-electron chi connectivity index (χ4n) is 4.07. The maximum atomic E-state index is 12.8. The molecule has 2 heterocycles. The molecule has 0 atom stereocenters. The SMILES string of the molecule is CCCCn1c(N)c(N(C)C(=O)CCc2ccc(S(=O)(=O)N3CCCCC3)cc2)c(=O)[nH]c1=O. The highest BCUT2D eigenvalue weighted by molar-refractivity contribution is 7.89. The van der Waals surface area contributed by atoms with Crippen molar-refractivity contribution in [2.45, 2.75) is 63.3 Å². The number of sulfonamides is 1. The van der Waals surface area contributed by atoms with Gasteiger partial charge in [-0.1, -0.05) is 31.9 Å². The molecule has 1 aliphatic heterocycles. The van der Waals surface area contributed by atoms with E-state index in [1.54, 1.807) is 24.3 Å². The van der Waals surface area contributed by atoms with Crippen LogP contribution in [0.3, 0.4) is 0 Å². The molecule has 1 fully saturated rings. The number of aryl methyl sites for hydroxylation is 1. The largest absolute Gasteiger partial charge is 0.383 e. The average Bonchev–Trinajstić information content (AvgIpc) is 2.83. The predicted molar refractivity (Wildman–Crippen MR) is 131 cm³/mol. The number of nitrogens with one attached hydrogen (secondary N) is 1. The zero-order valence-corrected chi connectivity index (χ0v) is 20.6. The van der Waals surface area contributed by atoms with Crippen molar-refractivity contribution < 1.29 is 13.2 Å². The summed E-state index contributed by atoms with van der Waals surface area (Å²) in [5.41, 5.74) is 5.52. The number of hydrogen-bond donors (Lipinski definition) is 2. The van der Waals surface area contributed by atoms with Gasteiger partial charge in [0.15, 0.2) is 5.69 Å². The van der Waals surface area contributed by atoms with Crippen molar-refractivity contribution in [3.63, 3.8) is 0 Å². The Hall–Kier alpha value is -2.92. The van der Waals surface area contributed by atoms with Gasteiger partial charge < -0.3 is 10.6 Å². The van der Waals surface area contributed by atoms with Crippen LogP contribution in [0.5, 0.6) is 0 Å². The van der Waals surface area contributed by atoms with Gasteiger partial charge in [-0.15, -0.1) is 0 Å². The molecule has 10 nitrogen and oxygen atoms in total. The predicted octanol–water partition coefficient (Wildman–Crippen LogP) is 1.69. The summed E-state index contributed by atoms with van der Waals surface area (Å²) in [6.45, 7) is 3.40. The quantitative estimate of drug-likeness (QED) is 0.547. The van der Waals surface area contributed by atoms with E-state index in [4.69, 9.17) is 5.73 Å². The topological polar surface area (TPSA) is 139 Å². The molecule has 0 aliphatic carbocycles. The second kappa shape index (κ2) is 11.0. The van der Waals surface area contributed by atoms with Gasteiger partial charge in [-0.3, -0.25) is 19.1 Å². The fourth-order valence-corrected chi connectivity index (χ4v) is 5.58. The molecule has 0 saturated carbocycles. The third-order valence-corrected chi connectivity index (χ3v) is 8.08. The summed E-state index contributed by atoms with van der Waals surface area (Å²) in [4.78, 5) is 40.9. The van der Waals surface area contributed by atoms with Gasteiger partial charge in [0.25, 0.3) is 5.56 Å². The summed E-state index contributed by atoms with van der Waals surface area (Å²) in [5.74, 6) is -0.381. The van der Waals surface area contributed by atoms with Gasteiger partial charge in [-0.05, 0) is 43.4 Å². The molecular weight excluding hydrogens is 458 g/mol. The van der Waals surface area contributed by atoms with Crippen molar-refractivity contribution >= 4 is 27.4 Å². The van der Waals surface area contributed by atoms with Crippen LogP contribution in [-0.4, -0.2) is 48.3 Å². The number of rotatable bonds is 9. The lowest BCUT2D eigenvalue weighted by Crippen LogP contribution is -2.39. The lowest BCUT2D eigenvalue weighted by molar-refractivity contribution is -0.118. The number of H-pyrrole nitrogens is 1. The van der Waals surface area contributed by atoms with E-state index in [-0.39, 0.29) is 28.7 Å². The summed E-state index contributed by atoms with van der Waals surface area (Å²) in [7, 11) is -2.05. The van der Waals surface area contributed by atoms with Gasteiger partial charge in [0, 0.05) is 33.1 Å². The molecular formula is C23H33N5O5S. The number of anilines is 2. The molecule has 1 aromatic carbocycles. The molecule has 3 N–H and O–H groups in total. The minimum Gasteiger partial charge on any atom is -0.383 e. The third-order valence-electron chi connectivity index (χ3n) is 6.16. The third kappa shape index (κ3) is 5.58. The normalized spacial score (nSPS) is 14.8. The number of nitrogen functional groups attached to an aromatic ring is 1. The van der Waals surface area contributed by atoms with Crippen LogP contribution in [0.1, 0.15) is 51.0 Å². The van der Waals surface area contributed by atoms with Crippen LogP contribution in [0.4, 0.5) is 11.5 Å². The van der Waals surface area contributed by atoms with Crippen molar-refractivity contribution in [3.05, 3.63) is 50.7 Å². The second-order valence-electron chi connectivity index (χ2n) is 8.56. The summed E-state index contributed by atoms with van der Waals surface area (Å²) in [5, 5.41) is 0. The fraction of sp³-hybridized carbons (Fsp3) is 0.522. The van der Waals surface area contributed by atoms with Crippen LogP contribution in [0.15, 0.2) is 38.8 Å². The first-order valence-corrected chi connectivity index (χ1v) is 13.1. The van der Waals surface area contributed by atoms with Crippen molar-refractivity contribution in [2.24, 2.45) is 0 Å². The molecule has 0 unspecified atom stereocenters. The van der Waals surface area contributed by atoms with Crippen molar-refractivity contribution in [1.82, 2.24) is 13.9 Å². The van der Waals surface area contributed by atoms with Gasteiger partial charge >= 0.3 is 5.69 Å². The van der Waals surface area contributed by atoms with Crippen LogP contribution < -0.4 is 21.9 Å². The number of carbonyl (C=O) groups is 1. The van der Waals surface area contributed by atoms with E-state index < -0.39 is 21.3 Å². The van der Waals surface area contributed by atoms with E-state index in [1.165, 1.54) is 20.8 Å². The molecule has 0 spiro atoms. The van der Waals surface area contributed by atoms with Crippen LogP contribution >= 0.6 is 0 Å². The minimum atomic E-state index is -3.51. The van der Waals surface area contributed by atoms with E-state index in [1.807, 2.05) is 6.92 Å². The van der Waals surface area contributed by atoms with Crippen molar-refractivity contribution in [2.75, 3.05) is 30.8 Å². The van der Waals surface area contributed by atoms with E-state index in [0.717, 1.165) is 31.2 Å². The number of nitrogens with zero attached hydrogens (tertiary/aromatic N) is 3. The number of carbonyl (C=O) groups excluding carboxylic acids is 1. The molecule has 1 aromatic heterocycles. The van der Waals surface area contributed by atoms with E-state index in [9.17, 15) is 22.8 Å². The smallest absolute Gasteiger partial charge is 0.330 e. The molecule has 1 amide bonds. The van der Waals surface area contributed by atoms with Gasteiger partial charge in [0.05, 0.1) is 4.90 Å². The molecule has 11 heteroatoms. The first-order chi connectivity index (χ1) is 16.2. The Bertz CT molecular complexity index is 1230. The Morgan fingerprint density at radius 2 is 1.76 bits per heavy atom. The number of piperidine rings is 1. The van der Waals surface area contributed by atoms with Crippen LogP contribution in [0, 0.1) is 0 Å². The van der Waals surface area contributed by atoms with Crippen LogP contribution in [-0.2, 0) is 27.8 Å². The number of aromatic amines is 1. The first-order valence-electron chi connectivity index (χ1n) is 11.6. The standard InChI is InChI=1S/C23H33N5O5S/c1-3-4-16-28-21(24)20(22(30)25-23(28)31)26(2)19(29)13-10-17-8-11-18(12-9-17)34(32,33)27-14-6-5-7-15-27/h8-9,11-12H,3-7,10,13-16,24H2,1-2H3,(H,25,30,31). The molecule has 1 saturated heterocycles. The van der Waals surface area contributed by atoms with Gasteiger partial charge in [-0.25, -0.2) is 13.2 Å². The molecule has 0 radical (unpaired) electrons. The van der Waals surface area contributed by atoms with Crippen molar-refractivity contribution in [1.29, 1.82) is 0 Å². The number of nitrogens with two attached hydrogens (primary N) is 1. The molecule has 34 heavy (non-hydrogen) atoms. The van der Waals surface area contributed by atoms with E-state index in [2.05, 4.69) is 4.98 Å². The van der Waals surface area contributed by atoms with Gasteiger partial charge in [-0.2, -0.15) is 4.31 Å². The Morgan fingerprint density at radius 1 is 1.12 bits per heavy atom. The van der Waals surface area contributed by atoms with Gasteiger partial charge in [0.2, 0.25) is 15.9 Å². The highest BCUT2D eigenvalue weighted by atomic mass is 32.2. The number of amides is 1. The molecule has 0 bridgehead atoms. The van der Waals surface area contributed by atoms with Crippen LogP contribution in [0.25, 0.3) is 0 Å². The summed E-state index contributed by atoms with van der Waals surface area (Å²) >= 11 is 0. The molecule has 3 rings (SSSR count). The zero-order valence-electron chi connectivity index (χ0n) is 19.7. The van der Waals surface area contributed by atoms with E-state index in [0.29, 0.717) is 32.5 Å². The Balaban J connectivity index is 1.69. The summed E-state index contributed by atoms with van der Waals surface area (Å²) < 4.78 is 28.4. The second-order valence-corrected chi connectivity index (χ2v) is 10.5. The number of unbranched alkanes of at least 4 members (excludes halogenated alkanes) is 1. The minimum absolute atomic E-state index is 0.0367.